The molecule has 0 radical (unpaired) electrons. The van der Waals surface area contributed by atoms with Crippen molar-refractivity contribution in [2.75, 3.05) is 0 Å². The SMILES string of the molecule is CCCCCC(CC)c1cc(C)ccc1O. The lowest BCUT2D eigenvalue weighted by Gasteiger charge is -2.17. The van der Waals surface area contributed by atoms with Crippen molar-refractivity contribution in [2.24, 2.45) is 0 Å². The Labute approximate surface area is 99.5 Å². The molecule has 1 atom stereocenters. The molecule has 1 heteroatoms. The van der Waals surface area contributed by atoms with Crippen molar-refractivity contribution >= 4 is 0 Å². The van der Waals surface area contributed by atoms with Crippen LogP contribution in [0.4, 0.5) is 0 Å². The lowest BCUT2D eigenvalue weighted by Crippen LogP contribution is -1.98. The monoisotopic (exact) mass is 220 g/mol. The number of rotatable bonds is 6. The van der Waals surface area contributed by atoms with E-state index in [-0.39, 0.29) is 0 Å². The lowest BCUT2D eigenvalue weighted by molar-refractivity contribution is 0.451. The fraction of sp³-hybridized carbons (Fsp3) is 0.600. The van der Waals surface area contributed by atoms with E-state index >= 15 is 0 Å². The standard InChI is InChI=1S/C15H24O/c1-4-6-7-8-13(5-2)14-11-12(3)9-10-15(14)16/h9-11,13,16H,4-8H2,1-3H3. The predicted octanol–water partition coefficient (Wildman–Crippen LogP) is 4.77. The molecule has 0 aromatic heterocycles. The maximum atomic E-state index is 9.89. The average Bonchev–Trinajstić information content (AvgIpc) is 2.28. The first-order valence-electron chi connectivity index (χ1n) is 6.48. The van der Waals surface area contributed by atoms with Crippen LogP contribution in [0.3, 0.4) is 0 Å². The van der Waals surface area contributed by atoms with E-state index in [1.807, 2.05) is 12.1 Å². The van der Waals surface area contributed by atoms with Crippen LogP contribution in [0.1, 0.15) is 63.0 Å². The van der Waals surface area contributed by atoms with Crippen molar-refractivity contribution < 1.29 is 5.11 Å². The molecule has 0 aliphatic carbocycles. The van der Waals surface area contributed by atoms with E-state index in [9.17, 15) is 5.11 Å². The minimum Gasteiger partial charge on any atom is -0.508 e. The zero-order valence-corrected chi connectivity index (χ0v) is 10.8. The zero-order valence-electron chi connectivity index (χ0n) is 10.8. The Morgan fingerprint density at radius 1 is 1.19 bits per heavy atom. The summed E-state index contributed by atoms with van der Waals surface area (Å²) in [4.78, 5) is 0. The number of hydrogen-bond donors (Lipinski definition) is 1. The zero-order chi connectivity index (χ0) is 12.0. The van der Waals surface area contributed by atoms with Crippen molar-refractivity contribution in [1.29, 1.82) is 0 Å². The fourth-order valence-corrected chi connectivity index (χ4v) is 2.22. The van der Waals surface area contributed by atoms with Crippen LogP contribution in [0.5, 0.6) is 5.75 Å². The molecule has 0 aliphatic rings. The summed E-state index contributed by atoms with van der Waals surface area (Å²) in [5, 5.41) is 9.89. The molecular weight excluding hydrogens is 196 g/mol. The van der Waals surface area contributed by atoms with Crippen molar-refractivity contribution in [3.05, 3.63) is 29.3 Å². The van der Waals surface area contributed by atoms with Crippen LogP contribution in [0.15, 0.2) is 18.2 Å². The highest BCUT2D eigenvalue weighted by Crippen LogP contribution is 2.32. The van der Waals surface area contributed by atoms with Gasteiger partial charge in [0, 0.05) is 0 Å². The van der Waals surface area contributed by atoms with Gasteiger partial charge >= 0.3 is 0 Å². The van der Waals surface area contributed by atoms with Gasteiger partial charge < -0.3 is 5.11 Å². The van der Waals surface area contributed by atoms with Gasteiger partial charge in [0.1, 0.15) is 5.75 Å². The molecular formula is C15H24O. The number of phenols is 1. The van der Waals surface area contributed by atoms with Crippen molar-refractivity contribution in [3.8, 4) is 5.75 Å². The summed E-state index contributed by atoms with van der Waals surface area (Å²) in [6, 6.07) is 5.93. The number of unbranched alkanes of at least 4 members (excludes halogenated alkanes) is 2. The van der Waals surface area contributed by atoms with E-state index in [0.717, 1.165) is 12.0 Å². The number of hydrogen-bond acceptors (Lipinski definition) is 1. The number of benzene rings is 1. The summed E-state index contributed by atoms with van der Waals surface area (Å²) >= 11 is 0. The maximum Gasteiger partial charge on any atom is 0.119 e. The summed E-state index contributed by atoms with van der Waals surface area (Å²) in [5.74, 6) is 0.986. The molecule has 0 aliphatic heterocycles. The average molecular weight is 220 g/mol. The molecule has 0 saturated heterocycles. The second-order valence-corrected chi connectivity index (χ2v) is 4.66. The molecule has 0 amide bonds. The summed E-state index contributed by atoms with van der Waals surface area (Å²) in [7, 11) is 0. The van der Waals surface area contributed by atoms with Gasteiger partial charge in [0.25, 0.3) is 0 Å². The Morgan fingerprint density at radius 2 is 1.94 bits per heavy atom. The molecule has 0 spiro atoms. The lowest BCUT2D eigenvalue weighted by atomic mass is 9.89. The van der Waals surface area contributed by atoms with Crippen LogP contribution in [0.25, 0.3) is 0 Å². The smallest absolute Gasteiger partial charge is 0.119 e. The van der Waals surface area contributed by atoms with Crippen LogP contribution in [0.2, 0.25) is 0 Å². The first kappa shape index (κ1) is 13.1. The molecule has 90 valence electrons. The van der Waals surface area contributed by atoms with Crippen molar-refractivity contribution in [1.82, 2.24) is 0 Å². The van der Waals surface area contributed by atoms with E-state index in [1.165, 1.54) is 31.2 Å². The Hall–Kier alpha value is -0.980. The Kier molecular flexibility index (Phi) is 5.37. The summed E-state index contributed by atoms with van der Waals surface area (Å²) < 4.78 is 0. The van der Waals surface area contributed by atoms with E-state index in [1.54, 1.807) is 0 Å². The van der Waals surface area contributed by atoms with E-state index in [4.69, 9.17) is 0 Å². The third-order valence-corrected chi connectivity index (χ3v) is 3.27. The van der Waals surface area contributed by atoms with E-state index < -0.39 is 0 Å². The molecule has 0 heterocycles. The largest absolute Gasteiger partial charge is 0.508 e. The fourth-order valence-electron chi connectivity index (χ4n) is 2.22. The van der Waals surface area contributed by atoms with Gasteiger partial charge in [-0.25, -0.2) is 0 Å². The van der Waals surface area contributed by atoms with Crippen LogP contribution in [-0.4, -0.2) is 5.11 Å². The topological polar surface area (TPSA) is 20.2 Å². The highest BCUT2D eigenvalue weighted by Gasteiger charge is 2.13. The van der Waals surface area contributed by atoms with Gasteiger partial charge in [-0.05, 0) is 37.3 Å². The normalized spacial score (nSPS) is 12.7. The van der Waals surface area contributed by atoms with Gasteiger partial charge in [-0.3, -0.25) is 0 Å². The van der Waals surface area contributed by atoms with Gasteiger partial charge in [0.15, 0.2) is 0 Å². The molecule has 1 N–H and O–H groups in total. The molecule has 0 fully saturated rings. The highest BCUT2D eigenvalue weighted by molar-refractivity contribution is 5.38. The van der Waals surface area contributed by atoms with Crippen LogP contribution < -0.4 is 0 Å². The summed E-state index contributed by atoms with van der Waals surface area (Å²) in [5.41, 5.74) is 2.38. The summed E-state index contributed by atoms with van der Waals surface area (Å²) in [6.07, 6.45) is 6.13. The van der Waals surface area contributed by atoms with Crippen LogP contribution >= 0.6 is 0 Å². The minimum absolute atomic E-state index is 0.467. The second-order valence-electron chi connectivity index (χ2n) is 4.66. The first-order chi connectivity index (χ1) is 7.69. The second kappa shape index (κ2) is 6.57. The number of aromatic hydroxyl groups is 1. The minimum atomic E-state index is 0.467. The number of phenolic OH excluding ortho intramolecular Hbond substituents is 1. The van der Waals surface area contributed by atoms with E-state index in [2.05, 4.69) is 26.8 Å². The molecule has 0 bridgehead atoms. The van der Waals surface area contributed by atoms with Gasteiger partial charge in [-0.1, -0.05) is 50.8 Å². The van der Waals surface area contributed by atoms with Crippen LogP contribution in [0, 0.1) is 6.92 Å². The molecule has 1 aromatic rings. The predicted molar refractivity (Wildman–Crippen MR) is 70.0 cm³/mol. The third-order valence-electron chi connectivity index (χ3n) is 3.27. The maximum absolute atomic E-state index is 9.89. The van der Waals surface area contributed by atoms with Gasteiger partial charge in [0.2, 0.25) is 0 Å². The molecule has 1 nitrogen and oxygen atoms in total. The molecule has 16 heavy (non-hydrogen) atoms. The van der Waals surface area contributed by atoms with Crippen molar-refractivity contribution in [2.45, 2.75) is 58.8 Å². The van der Waals surface area contributed by atoms with Gasteiger partial charge in [-0.2, -0.15) is 0 Å². The Morgan fingerprint density at radius 3 is 2.56 bits per heavy atom. The number of aryl methyl sites for hydroxylation is 1. The Balaban J connectivity index is 2.73. The summed E-state index contributed by atoms with van der Waals surface area (Å²) in [6.45, 7) is 6.52. The van der Waals surface area contributed by atoms with Gasteiger partial charge in [0.05, 0.1) is 0 Å². The quantitative estimate of drug-likeness (QED) is 0.684. The van der Waals surface area contributed by atoms with Crippen molar-refractivity contribution in [3.63, 3.8) is 0 Å². The highest BCUT2D eigenvalue weighted by atomic mass is 16.3. The first-order valence-corrected chi connectivity index (χ1v) is 6.48. The molecule has 1 rings (SSSR count). The van der Waals surface area contributed by atoms with E-state index in [0.29, 0.717) is 11.7 Å². The Bertz CT molecular complexity index is 317. The van der Waals surface area contributed by atoms with Gasteiger partial charge in [-0.15, -0.1) is 0 Å². The molecule has 1 unspecified atom stereocenters. The molecule has 1 aromatic carbocycles. The molecule has 0 saturated carbocycles. The van der Waals surface area contributed by atoms with Crippen LogP contribution in [-0.2, 0) is 0 Å². The third kappa shape index (κ3) is 3.55.